The second kappa shape index (κ2) is 6.15. The number of hydrogen-bond acceptors (Lipinski definition) is 4. The van der Waals surface area contributed by atoms with Gasteiger partial charge < -0.3 is 10.3 Å². The van der Waals surface area contributed by atoms with E-state index in [1.54, 1.807) is 11.3 Å². The molecule has 106 valence electrons. The van der Waals surface area contributed by atoms with Crippen molar-refractivity contribution >= 4 is 28.5 Å². The van der Waals surface area contributed by atoms with Gasteiger partial charge in [0.15, 0.2) is 0 Å². The number of nitrogens with zero attached hydrogens (tertiary/aromatic N) is 3. The van der Waals surface area contributed by atoms with E-state index >= 15 is 0 Å². The fourth-order valence-electron chi connectivity index (χ4n) is 2.15. The van der Waals surface area contributed by atoms with Crippen LogP contribution in [-0.4, -0.2) is 19.5 Å². The molecular weight excluding hydrogens is 300 g/mol. The molecule has 3 aromatic rings. The molecule has 21 heavy (non-hydrogen) atoms. The van der Waals surface area contributed by atoms with Gasteiger partial charge in [0, 0.05) is 36.1 Å². The molecule has 0 atom stereocenters. The van der Waals surface area contributed by atoms with Gasteiger partial charge in [-0.25, -0.2) is 9.97 Å². The summed E-state index contributed by atoms with van der Waals surface area (Å²) in [6.07, 6.45) is 6.37. The molecule has 4 nitrogen and oxygen atoms in total. The summed E-state index contributed by atoms with van der Waals surface area (Å²) < 4.78 is 2.13. The maximum absolute atomic E-state index is 5.68. The van der Waals surface area contributed by atoms with E-state index in [1.807, 2.05) is 42.2 Å². The number of rotatable bonds is 5. The van der Waals surface area contributed by atoms with E-state index in [1.165, 1.54) is 0 Å². The molecule has 0 unspecified atom stereocenters. The molecule has 0 aliphatic heterocycles. The summed E-state index contributed by atoms with van der Waals surface area (Å²) in [6, 6.07) is 7.99. The molecule has 0 aliphatic rings. The predicted molar refractivity (Wildman–Crippen MR) is 88.6 cm³/mol. The quantitative estimate of drug-likeness (QED) is 0.736. The Balaban J connectivity index is 1.81. The van der Waals surface area contributed by atoms with E-state index in [0.717, 1.165) is 34.9 Å². The van der Waals surface area contributed by atoms with Gasteiger partial charge in [-0.05, 0) is 11.6 Å². The Morgan fingerprint density at radius 1 is 1.29 bits per heavy atom. The van der Waals surface area contributed by atoms with Gasteiger partial charge in [-0.15, -0.1) is 11.3 Å². The summed E-state index contributed by atoms with van der Waals surface area (Å²) in [5.41, 5.74) is 7.73. The summed E-state index contributed by atoms with van der Waals surface area (Å²) >= 11 is 6.67. The molecule has 2 aromatic heterocycles. The van der Waals surface area contributed by atoms with Crippen molar-refractivity contribution < 1.29 is 0 Å². The first-order valence-electron chi connectivity index (χ1n) is 6.49. The lowest BCUT2D eigenvalue weighted by molar-refractivity contribution is 0.739. The molecule has 0 bridgehead atoms. The van der Waals surface area contributed by atoms with E-state index in [-0.39, 0.29) is 0 Å². The lowest BCUT2D eigenvalue weighted by Crippen LogP contribution is -2.10. The fourth-order valence-corrected chi connectivity index (χ4v) is 2.89. The molecule has 0 saturated heterocycles. The average molecular weight is 314 g/mol. The van der Waals surface area contributed by atoms with Crippen LogP contribution in [0.1, 0.15) is 22.0 Å². The Morgan fingerprint density at radius 2 is 2.19 bits per heavy atom. The van der Waals surface area contributed by atoms with Crippen LogP contribution < -0.4 is 5.73 Å². The Kier molecular flexibility index (Phi) is 4.08. The Hall–Kier alpha value is -2.05. The van der Waals surface area contributed by atoms with Crippen molar-refractivity contribution in [3.63, 3.8) is 0 Å². The summed E-state index contributed by atoms with van der Waals surface area (Å²) in [6.45, 7) is 0.747. The van der Waals surface area contributed by atoms with Crippen LogP contribution >= 0.6 is 23.6 Å². The summed E-state index contributed by atoms with van der Waals surface area (Å²) in [4.78, 5) is 9.15. The fraction of sp³-hybridized carbons (Fsp3) is 0.133. The molecule has 2 heterocycles. The van der Waals surface area contributed by atoms with E-state index in [2.05, 4.69) is 20.6 Å². The Labute approximate surface area is 132 Å². The van der Waals surface area contributed by atoms with Crippen molar-refractivity contribution in [3.8, 4) is 0 Å². The predicted octanol–water partition coefficient (Wildman–Crippen LogP) is 2.61. The molecule has 0 aliphatic carbocycles. The standard InChI is InChI=1S/C15H14N4S2/c16-15(20)12-3-1-2-11(8-12)10-19-6-4-17-13(19)9-14-18-5-7-21-14/h1-8H,9-10H2,(H2,16,20). The Bertz CT molecular complexity index is 747. The van der Waals surface area contributed by atoms with Gasteiger partial charge in [0.1, 0.15) is 10.8 Å². The summed E-state index contributed by atoms with van der Waals surface area (Å²) in [7, 11) is 0. The Morgan fingerprint density at radius 3 is 2.95 bits per heavy atom. The van der Waals surface area contributed by atoms with Crippen LogP contribution in [0.25, 0.3) is 0 Å². The molecule has 2 N–H and O–H groups in total. The zero-order valence-electron chi connectivity index (χ0n) is 11.3. The molecule has 0 amide bonds. The highest BCUT2D eigenvalue weighted by Gasteiger charge is 2.07. The number of hydrogen-bond donors (Lipinski definition) is 1. The maximum atomic E-state index is 5.68. The highest BCUT2D eigenvalue weighted by molar-refractivity contribution is 7.80. The molecule has 0 saturated carbocycles. The molecule has 3 rings (SSSR count). The van der Waals surface area contributed by atoms with Crippen molar-refractivity contribution in [2.45, 2.75) is 13.0 Å². The lowest BCUT2D eigenvalue weighted by atomic mass is 10.1. The second-order valence-corrected chi connectivity index (χ2v) is 6.06. The number of thiocarbonyl (C=S) groups is 1. The van der Waals surface area contributed by atoms with Crippen LogP contribution in [0.15, 0.2) is 48.2 Å². The van der Waals surface area contributed by atoms with Gasteiger partial charge in [0.05, 0.1) is 11.4 Å². The number of nitrogens with two attached hydrogens (primary N) is 1. The molecule has 6 heteroatoms. The van der Waals surface area contributed by atoms with Gasteiger partial charge in [-0.2, -0.15) is 0 Å². The highest BCUT2D eigenvalue weighted by atomic mass is 32.1. The highest BCUT2D eigenvalue weighted by Crippen LogP contribution is 2.13. The third-order valence-corrected chi connectivity index (χ3v) is 4.17. The van der Waals surface area contributed by atoms with Gasteiger partial charge >= 0.3 is 0 Å². The van der Waals surface area contributed by atoms with Crippen LogP contribution in [0.2, 0.25) is 0 Å². The number of thiazole rings is 1. The maximum Gasteiger partial charge on any atom is 0.115 e. The van der Waals surface area contributed by atoms with Gasteiger partial charge in [-0.1, -0.05) is 30.4 Å². The smallest absolute Gasteiger partial charge is 0.115 e. The summed E-state index contributed by atoms with van der Waals surface area (Å²) in [5.74, 6) is 1.01. The van der Waals surface area contributed by atoms with E-state index in [0.29, 0.717) is 4.99 Å². The number of benzene rings is 1. The average Bonchev–Trinajstić information content (AvgIpc) is 3.12. The first-order chi connectivity index (χ1) is 10.2. The monoisotopic (exact) mass is 314 g/mol. The lowest BCUT2D eigenvalue weighted by Gasteiger charge is -2.08. The molecule has 0 radical (unpaired) electrons. The normalized spacial score (nSPS) is 10.7. The number of imidazole rings is 1. The van der Waals surface area contributed by atoms with Crippen LogP contribution in [0, 0.1) is 0 Å². The topological polar surface area (TPSA) is 56.7 Å². The van der Waals surface area contributed by atoms with Gasteiger partial charge in [0.2, 0.25) is 0 Å². The minimum absolute atomic E-state index is 0.422. The van der Waals surface area contributed by atoms with Crippen LogP contribution in [-0.2, 0) is 13.0 Å². The van der Waals surface area contributed by atoms with Crippen molar-refractivity contribution in [1.29, 1.82) is 0 Å². The summed E-state index contributed by atoms with van der Waals surface area (Å²) in [5, 5.41) is 3.05. The second-order valence-electron chi connectivity index (χ2n) is 4.64. The minimum Gasteiger partial charge on any atom is -0.389 e. The zero-order chi connectivity index (χ0) is 14.7. The minimum atomic E-state index is 0.422. The van der Waals surface area contributed by atoms with E-state index in [9.17, 15) is 0 Å². The van der Waals surface area contributed by atoms with E-state index in [4.69, 9.17) is 18.0 Å². The van der Waals surface area contributed by atoms with Crippen molar-refractivity contribution in [2.24, 2.45) is 5.73 Å². The number of aromatic nitrogens is 3. The largest absolute Gasteiger partial charge is 0.389 e. The third-order valence-electron chi connectivity index (χ3n) is 3.16. The zero-order valence-corrected chi connectivity index (χ0v) is 12.9. The third kappa shape index (κ3) is 3.34. The first-order valence-corrected chi connectivity index (χ1v) is 7.78. The van der Waals surface area contributed by atoms with Crippen LogP contribution in [0.3, 0.4) is 0 Å². The SMILES string of the molecule is NC(=S)c1cccc(Cn2ccnc2Cc2nccs2)c1. The van der Waals surface area contributed by atoms with Crippen molar-refractivity contribution in [2.75, 3.05) is 0 Å². The van der Waals surface area contributed by atoms with Crippen molar-refractivity contribution in [3.05, 3.63) is 70.2 Å². The molecule has 1 aromatic carbocycles. The van der Waals surface area contributed by atoms with Crippen LogP contribution in [0.4, 0.5) is 0 Å². The van der Waals surface area contributed by atoms with Gasteiger partial charge in [0.25, 0.3) is 0 Å². The van der Waals surface area contributed by atoms with Crippen molar-refractivity contribution in [1.82, 2.24) is 14.5 Å². The van der Waals surface area contributed by atoms with Crippen LogP contribution in [0.5, 0.6) is 0 Å². The molecule has 0 fully saturated rings. The van der Waals surface area contributed by atoms with Gasteiger partial charge in [-0.3, -0.25) is 0 Å². The van der Waals surface area contributed by atoms with E-state index < -0.39 is 0 Å². The molecular formula is C15H14N4S2. The first kappa shape index (κ1) is 13.9. The molecule has 0 spiro atoms.